The zero-order valence-corrected chi connectivity index (χ0v) is 8.57. The van der Waals surface area contributed by atoms with E-state index in [4.69, 9.17) is 24.4 Å². The molecule has 2 N–H and O–H groups in total. The highest BCUT2D eigenvalue weighted by atomic mass is 32.1. The van der Waals surface area contributed by atoms with Gasteiger partial charge in [0.15, 0.2) is 0 Å². The maximum atomic E-state index is 4.84. The van der Waals surface area contributed by atoms with Crippen LogP contribution in [0.4, 0.5) is 0 Å². The predicted octanol–water partition coefficient (Wildman–Crippen LogP) is 1.25. The van der Waals surface area contributed by atoms with Crippen molar-refractivity contribution in [3.05, 3.63) is 0 Å². The van der Waals surface area contributed by atoms with Crippen LogP contribution in [0, 0.1) is 0 Å². The number of hydrogen-bond donors (Lipinski definition) is 2. The molecule has 0 bridgehead atoms. The molecule has 0 atom stereocenters. The summed E-state index contributed by atoms with van der Waals surface area (Å²) in [5, 5.41) is 6.13. The molecule has 0 saturated carbocycles. The molecule has 4 heteroatoms. The van der Waals surface area contributed by atoms with Gasteiger partial charge in [-0.1, -0.05) is 24.4 Å². The van der Waals surface area contributed by atoms with Crippen molar-refractivity contribution < 1.29 is 0 Å². The summed E-state index contributed by atoms with van der Waals surface area (Å²) in [5.74, 6) is 0. The molecule has 0 aliphatic heterocycles. The van der Waals surface area contributed by atoms with Crippen LogP contribution >= 0.6 is 24.4 Å². The Balaban J connectivity index is 3.03. The second-order valence-corrected chi connectivity index (χ2v) is 3.54. The molecule has 0 heterocycles. The maximum absolute atomic E-state index is 4.84. The molecular weight excluding hydrogens is 176 g/mol. The van der Waals surface area contributed by atoms with E-state index in [0.29, 0.717) is 0 Å². The minimum atomic E-state index is 0.851. The minimum absolute atomic E-state index is 0.851. The highest BCUT2D eigenvalue weighted by molar-refractivity contribution is 7.80. The van der Waals surface area contributed by atoms with Gasteiger partial charge >= 0.3 is 0 Å². The second-order valence-electron chi connectivity index (χ2n) is 2.32. The molecule has 0 saturated heterocycles. The highest BCUT2D eigenvalue weighted by Crippen LogP contribution is 1.76. The van der Waals surface area contributed by atoms with Crippen LogP contribution in [-0.2, 0) is 0 Å². The first-order valence-electron chi connectivity index (χ1n) is 3.62. The van der Waals surface area contributed by atoms with E-state index in [-0.39, 0.29) is 0 Å². The molecule has 0 aromatic heterocycles. The van der Waals surface area contributed by atoms with Crippen LogP contribution in [0.3, 0.4) is 0 Å². The lowest BCUT2D eigenvalue weighted by molar-refractivity contribution is 0.747. The first-order valence-corrected chi connectivity index (χ1v) is 4.43. The van der Waals surface area contributed by atoms with Crippen LogP contribution in [-0.4, -0.2) is 23.1 Å². The molecule has 0 aliphatic rings. The molecule has 0 radical (unpaired) electrons. The first-order chi connectivity index (χ1) is 5.13. The average molecular weight is 190 g/mol. The lowest BCUT2D eigenvalue weighted by atomic mass is 10.4. The summed E-state index contributed by atoms with van der Waals surface area (Å²) in [6, 6.07) is 0. The first kappa shape index (κ1) is 10.8. The normalized spacial score (nSPS) is 8.91. The maximum Gasteiger partial charge on any atom is 0.0721 e. The molecule has 0 aromatic rings. The van der Waals surface area contributed by atoms with E-state index in [1.807, 2.05) is 13.8 Å². The topological polar surface area (TPSA) is 24.1 Å². The second kappa shape index (κ2) is 6.49. The van der Waals surface area contributed by atoms with Crippen molar-refractivity contribution in [1.29, 1.82) is 0 Å². The molecular formula is C7H14N2S2. The van der Waals surface area contributed by atoms with Crippen LogP contribution in [0.2, 0.25) is 0 Å². The van der Waals surface area contributed by atoms with E-state index >= 15 is 0 Å². The summed E-state index contributed by atoms with van der Waals surface area (Å²) < 4.78 is 0. The molecule has 0 aromatic carbocycles. The fourth-order valence-electron chi connectivity index (χ4n) is 0.617. The fraction of sp³-hybridized carbons (Fsp3) is 0.714. The third-order valence-corrected chi connectivity index (χ3v) is 1.39. The van der Waals surface area contributed by atoms with Crippen LogP contribution in [0.25, 0.3) is 0 Å². The molecule has 0 rings (SSSR count). The van der Waals surface area contributed by atoms with Gasteiger partial charge in [0.1, 0.15) is 0 Å². The lowest BCUT2D eigenvalue weighted by Crippen LogP contribution is -2.25. The van der Waals surface area contributed by atoms with Gasteiger partial charge in [-0.05, 0) is 20.3 Å². The molecule has 0 fully saturated rings. The van der Waals surface area contributed by atoms with E-state index < -0.39 is 0 Å². The third kappa shape index (κ3) is 9.78. The predicted molar refractivity (Wildman–Crippen MR) is 57.2 cm³/mol. The fourth-order valence-corrected chi connectivity index (χ4v) is 0.821. The van der Waals surface area contributed by atoms with Crippen molar-refractivity contribution in [3.8, 4) is 0 Å². The summed E-state index contributed by atoms with van der Waals surface area (Å²) in [7, 11) is 0. The van der Waals surface area contributed by atoms with E-state index in [1.165, 1.54) is 0 Å². The standard InChI is InChI=1S/C7H14N2S2/c1-6(10)8-4-3-5-9-7(2)11/h3-5H2,1-2H3,(H,8,10)(H,9,11). The van der Waals surface area contributed by atoms with Crippen molar-refractivity contribution in [2.24, 2.45) is 0 Å². The molecule has 0 spiro atoms. The quantitative estimate of drug-likeness (QED) is 0.515. The van der Waals surface area contributed by atoms with Crippen LogP contribution < -0.4 is 10.6 Å². The zero-order valence-electron chi connectivity index (χ0n) is 6.94. The van der Waals surface area contributed by atoms with Gasteiger partial charge in [0.2, 0.25) is 0 Å². The Morgan fingerprint density at radius 1 is 1.00 bits per heavy atom. The summed E-state index contributed by atoms with van der Waals surface area (Å²) >= 11 is 9.68. The van der Waals surface area contributed by atoms with Gasteiger partial charge in [-0.15, -0.1) is 0 Å². The molecule has 11 heavy (non-hydrogen) atoms. The van der Waals surface area contributed by atoms with Crippen molar-refractivity contribution in [3.63, 3.8) is 0 Å². The summed E-state index contributed by atoms with van der Waals surface area (Å²) in [6.07, 6.45) is 1.04. The van der Waals surface area contributed by atoms with Crippen LogP contribution in [0.5, 0.6) is 0 Å². The number of thiocarbonyl (C=S) groups is 2. The Labute approximate surface area is 78.7 Å². The smallest absolute Gasteiger partial charge is 0.0721 e. The molecule has 0 amide bonds. The van der Waals surface area contributed by atoms with Gasteiger partial charge in [-0.3, -0.25) is 0 Å². The van der Waals surface area contributed by atoms with E-state index in [0.717, 1.165) is 29.5 Å². The van der Waals surface area contributed by atoms with Gasteiger partial charge < -0.3 is 10.6 Å². The molecule has 0 aliphatic carbocycles. The Kier molecular flexibility index (Phi) is 6.36. The zero-order chi connectivity index (χ0) is 8.69. The van der Waals surface area contributed by atoms with E-state index in [9.17, 15) is 0 Å². The minimum Gasteiger partial charge on any atom is -0.380 e. The van der Waals surface area contributed by atoms with Gasteiger partial charge in [0.05, 0.1) is 9.98 Å². The monoisotopic (exact) mass is 190 g/mol. The van der Waals surface area contributed by atoms with Crippen molar-refractivity contribution in [2.45, 2.75) is 20.3 Å². The molecule has 2 nitrogen and oxygen atoms in total. The van der Waals surface area contributed by atoms with E-state index in [2.05, 4.69) is 10.6 Å². The Bertz CT molecular complexity index is 129. The van der Waals surface area contributed by atoms with Gasteiger partial charge in [-0.2, -0.15) is 0 Å². The Morgan fingerprint density at radius 2 is 1.36 bits per heavy atom. The van der Waals surface area contributed by atoms with E-state index in [1.54, 1.807) is 0 Å². The SMILES string of the molecule is CC(=S)NCCCNC(C)=S. The van der Waals surface area contributed by atoms with Crippen molar-refractivity contribution >= 4 is 34.4 Å². The number of nitrogens with one attached hydrogen (secondary N) is 2. The van der Waals surface area contributed by atoms with Gasteiger partial charge in [0.25, 0.3) is 0 Å². The van der Waals surface area contributed by atoms with Crippen molar-refractivity contribution in [2.75, 3.05) is 13.1 Å². The number of hydrogen-bond acceptors (Lipinski definition) is 2. The Morgan fingerprint density at radius 3 is 1.64 bits per heavy atom. The van der Waals surface area contributed by atoms with Gasteiger partial charge in [-0.25, -0.2) is 0 Å². The Hall–Kier alpha value is -0.220. The lowest BCUT2D eigenvalue weighted by Gasteiger charge is -2.04. The van der Waals surface area contributed by atoms with Crippen molar-refractivity contribution in [1.82, 2.24) is 10.6 Å². The third-order valence-electron chi connectivity index (χ3n) is 1.10. The molecule has 64 valence electrons. The summed E-state index contributed by atoms with van der Waals surface area (Å²) in [5.41, 5.74) is 0. The summed E-state index contributed by atoms with van der Waals surface area (Å²) in [6.45, 7) is 5.61. The number of rotatable bonds is 4. The van der Waals surface area contributed by atoms with Crippen LogP contribution in [0.1, 0.15) is 20.3 Å². The summed E-state index contributed by atoms with van der Waals surface area (Å²) in [4.78, 5) is 1.70. The largest absolute Gasteiger partial charge is 0.380 e. The average Bonchev–Trinajstić information content (AvgIpc) is 1.85. The van der Waals surface area contributed by atoms with Gasteiger partial charge in [0, 0.05) is 13.1 Å². The highest BCUT2D eigenvalue weighted by Gasteiger charge is 1.88. The van der Waals surface area contributed by atoms with Crippen LogP contribution in [0.15, 0.2) is 0 Å². The molecule has 0 unspecified atom stereocenters.